The lowest BCUT2D eigenvalue weighted by atomic mass is 9.94. The summed E-state index contributed by atoms with van der Waals surface area (Å²) in [6.07, 6.45) is 3.03. The van der Waals surface area contributed by atoms with Crippen LogP contribution in [0.3, 0.4) is 0 Å². The molecule has 1 amide bonds. The number of hydrogen-bond acceptors (Lipinski definition) is 7. The smallest absolute Gasteiger partial charge is 0.342 e. The molecule has 0 atom stereocenters. The van der Waals surface area contributed by atoms with Crippen LogP contribution in [0.2, 0.25) is 0 Å². The molecule has 174 valence electrons. The number of allylic oxidation sites excluding steroid dienone is 2. The molecule has 0 spiro atoms. The Balaban J connectivity index is 1.63. The Morgan fingerprint density at radius 2 is 1.88 bits per heavy atom. The number of cyclic esters (lactones) is 1. The molecule has 0 radical (unpaired) electrons. The highest BCUT2D eigenvalue weighted by Gasteiger charge is 2.31. The van der Waals surface area contributed by atoms with Gasteiger partial charge in [-0.1, -0.05) is 11.6 Å². The number of esters is 2. The second kappa shape index (κ2) is 10.2. The lowest BCUT2D eigenvalue weighted by molar-refractivity contribution is -0.116. The maximum absolute atomic E-state index is 12.3. The zero-order valence-corrected chi connectivity index (χ0v) is 19.1. The number of carbonyl (C=O) groups excluding carboxylic acids is 3. The summed E-state index contributed by atoms with van der Waals surface area (Å²) in [6.45, 7) is 3.86. The van der Waals surface area contributed by atoms with Crippen LogP contribution in [-0.2, 0) is 27.3 Å². The number of ether oxygens (including phenoxy) is 3. The van der Waals surface area contributed by atoms with Gasteiger partial charge in [-0.05, 0) is 56.5 Å². The fourth-order valence-electron chi connectivity index (χ4n) is 3.75. The predicted octanol–water partition coefficient (Wildman–Crippen LogP) is 4.07. The summed E-state index contributed by atoms with van der Waals surface area (Å²) in [7, 11) is 2.83. The largest absolute Gasteiger partial charge is 0.507 e. The van der Waals surface area contributed by atoms with Gasteiger partial charge in [-0.25, -0.2) is 9.59 Å². The zero-order valence-electron chi connectivity index (χ0n) is 19.1. The summed E-state index contributed by atoms with van der Waals surface area (Å²) in [4.78, 5) is 35.8. The molecule has 0 saturated carbocycles. The van der Waals surface area contributed by atoms with Crippen LogP contribution in [0.5, 0.6) is 11.5 Å². The van der Waals surface area contributed by atoms with Gasteiger partial charge in [0.1, 0.15) is 23.7 Å². The predicted molar refractivity (Wildman–Crippen MR) is 122 cm³/mol. The average molecular weight is 453 g/mol. The quantitative estimate of drug-likeness (QED) is 0.458. The number of nitrogens with one attached hydrogen (secondary N) is 1. The van der Waals surface area contributed by atoms with Gasteiger partial charge >= 0.3 is 11.9 Å². The van der Waals surface area contributed by atoms with Crippen molar-refractivity contribution in [1.29, 1.82) is 0 Å². The van der Waals surface area contributed by atoms with E-state index in [9.17, 15) is 19.5 Å². The Labute approximate surface area is 192 Å². The van der Waals surface area contributed by atoms with Gasteiger partial charge in [0.15, 0.2) is 0 Å². The summed E-state index contributed by atoms with van der Waals surface area (Å²) < 4.78 is 15.2. The van der Waals surface area contributed by atoms with E-state index in [1.807, 2.05) is 19.9 Å². The highest BCUT2D eigenvalue weighted by atomic mass is 16.5. The lowest BCUT2D eigenvalue weighted by Gasteiger charge is -2.15. The molecule has 0 bridgehead atoms. The second-order valence-electron chi connectivity index (χ2n) is 7.79. The molecule has 0 saturated heterocycles. The molecule has 1 aliphatic heterocycles. The monoisotopic (exact) mass is 453 g/mol. The SMILES string of the molecule is COC(=O)c1ccc(NC(=O)CC/C(C)=C/Cc2c(O)c3c(c(C)c2OC)COC3=O)cc1. The van der Waals surface area contributed by atoms with Crippen molar-refractivity contribution in [3.05, 3.63) is 63.7 Å². The molecular formula is C25H27NO7. The molecule has 8 heteroatoms. The highest BCUT2D eigenvalue weighted by Crippen LogP contribution is 2.42. The van der Waals surface area contributed by atoms with E-state index >= 15 is 0 Å². The maximum atomic E-state index is 12.3. The van der Waals surface area contributed by atoms with E-state index in [-0.39, 0.29) is 30.2 Å². The van der Waals surface area contributed by atoms with Crippen molar-refractivity contribution < 1.29 is 33.7 Å². The molecule has 2 aromatic carbocycles. The number of fused-ring (bicyclic) bond motifs is 1. The molecule has 0 unspecified atom stereocenters. The molecule has 0 fully saturated rings. The normalized spacial score (nSPS) is 12.7. The maximum Gasteiger partial charge on any atom is 0.342 e. The zero-order chi connectivity index (χ0) is 24.1. The number of phenolic OH excluding ortho intramolecular Hbond substituents is 1. The molecule has 33 heavy (non-hydrogen) atoms. The number of hydrogen-bond donors (Lipinski definition) is 2. The summed E-state index contributed by atoms with van der Waals surface area (Å²) in [5, 5.41) is 13.5. The van der Waals surface area contributed by atoms with Crippen molar-refractivity contribution in [3.8, 4) is 11.5 Å². The van der Waals surface area contributed by atoms with E-state index in [0.29, 0.717) is 41.0 Å². The van der Waals surface area contributed by atoms with Crippen LogP contribution in [0.1, 0.15) is 57.2 Å². The molecule has 1 aliphatic rings. The Morgan fingerprint density at radius 1 is 1.18 bits per heavy atom. The Kier molecular flexibility index (Phi) is 7.37. The van der Waals surface area contributed by atoms with Crippen LogP contribution in [0.25, 0.3) is 0 Å². The van der Waals surface area contributed by atoms with Gasteiger partial charge in [0.25, 0.3) is 0 Å². The fourth-order valence-corrected chi connectivity index (χ4v) is 3.75. The average Bonchev–Trinajstić information content (AvgIpc) is 3.21. The third kappa shape index (κ3) is 5.16. The van der Waals surface area contributed by atoms with Gasteiger partial charge < -0.3 is 24.6 Å². The first-order valence-corrected chi connectivity index (χ1v) is 10.5. The molecule has 0 aromatic heterocycles. The van der Waals surface area contributed by atoms with Crippen LogP contribution in [-0.4, -0.2) is 37.2 Å². The van der Waals surface area contributed by atoms with E-state index in [4.69, 9.17) is 9.47 Å². The highest BCUT2D eigenvalue weighted by molar-refractivity contribution is 5.98. The van der Waals surface area contributed by atoms with Gasteiger partial charge in [-0.3, -0.25) is 4.79 Å². The van der Waals surface area contributed by atoms with Crippen molar-refractivity contribution in [3.63, 3.8) is 0 Å². The molecule has 2 N–H and O–H groups in total. The number of rotatable bonds is 8. The molecule has 3 rings (SSSR count). The Hall–Kier alpha value is -3.81. The van der Waals surface area contributed by atoms with Crippen molar-refractivity contribution in [2.75, 3.05) is 19.5 Å². The van der Waals surface area contributed by atoms with Gasteiger partial charge in [0.05, 0.1) is 19.8 Å². The van der Waals surface area contributed by atoms with Crippen molar-refractivity contribution >= 4 is 23.5 Å². The molecular weight excluding hydrogens is 426 g/mol. The third-order valence-electron chi connectivity index (χ3n) is 5.64. The summed E-state index contributed by atoms with van der Waals surface area (Å²) in [6, 6.07) is 6.45. The topological polar surface area (TPSA) is 111 Å². The number of carbonyl (C=O) groups is 3. The van der Waals surface area contributed by atoms with Crippen LogP contribution in [0.15, 0.2) is 35.9 Å². The third-order valence-corrected chi connectivity index (χ3v) is 5.64. The molecule has 2 aromatic rings. The number of phenols is 1. The van der Waals surface area contributed by atoms with Crippen molar-refractivity contribution in [2.45, 2.75) is 39.7 Å². The van der Waals surface area contributed by atoms with Gasteiger partial charge in [-0.2, -0.15) is 0 Å². The number of anilines is 1. The van der Waals surface area contributed by atoms with Crippen molar-refractivity contribution in [2.24, 2.45) is 0 Å². The minimum atomic E-state index is -0.536. The molecule has 8 nitrogen and oxygen atoms in total. The van der Waals surface area contributed by atoms with Crippen LogP contribution >= 0.6 is 0 Å². The second-order valence-corrected chi connectivity index (χ2v) is 7.79. The minimum absolute atomic E-state index is 0.118. The van der Waals surface area contributed by atoms with Gasteiger partial charge in [0.2, 0.25) is 5.91 Å². The fraction of sp³-hybridized carbons (Fsp3) is 0.320. The number of aromatic hydroxyl groups is 1. The number of benzene rings is 2. The summed E-state index contributed by atoms with van der Waals surface area (Å²) in [5.74, 6) is -0.725. The molecule has 0 aliphatic carbocycles. The summed E-state index contributed by atoms with van der Waals surface area (Å²) in [5.41, 5.74) is 4.08. The van der Waals surface area contributed by atoms with Crippen LogP contribution < -0.4 is 10.1 Å². The van der Waals surface area contributed by atoms with E-state index in [2.05, 4.69) is 10.1 Å². The van der Waals surface area contributed by atoms with Gasteiger partial charge in [0, 0.05) is 23.2 Å². The van der Waals surface area contributed by atoms with Gasteiger partial charge in [-0.15, -0.1) is 0 Å². The van der Waals surface area contributed by atoms with Crippen LogP contribution in [0, 0.1) is 6.92 Å². The van der Waals surface area contributed by atoms with E-state index in [1.165, 1.54) is 14.2 Å². The standard InChI is InChI=1S/C25H27NO7/c1-14(6-12-20(27)26-17-9-7-16(8-10-17)24(29)32-4)5-11-18-22(28)21-19(13-33-25(21)30)15(2)23(18)31-3/h5,7-10,28H,6,11-13H2,1-4H3,(H,26,27)/b14-5+. The van der Waals surface area contributed by atoms with Crippen molar-refractivity contribution in [1.82, 2.24) is 0 Å². The Morgan fingerprint density at radius 3 is 2.52 bits per heavy atom. The Bertz CT molecular complexity index is 1120. The summed E-state index contributed by atoms with van der Waals surface area (Å²) >= 11 is 0. The van der Waals surface area contributed by atoms with E-state index in [0.717, 1.165) is 11.1 Å². The number of amides is 1. The van der Waals surface area contributed by atoms with Crippen LogP contribution in [0.4, 0.5) is 5.69 Å². The van der Waals surface area contributed by atoms with E-state index in [1.54, 1.807) is 24.3 Å². The van der Waals surface area contributed by atoms with E-state index < -0.39 is 11.9 Å². The lowest BCUT2D eigenvalue weighted by Crippen LogP contribution is -2.11. The number of methoxy groups -OCH3 is 2. The molecule has 1 heterocycles. The first-order chi connectivity index (χ1) is 15.8. The minimum Gasteiger partial charge on any atom is -0.507 e. The first-order valence-electron chi connectivity index (χ1n) is 10.5. The first kappa shape index (κ1) is 23.8.